The van der Waals surface area contributed by atoms with Crippen molar-refractivity contribution in [2.75, 3.05) is 0 Å². The third kappa shape index (κ3) is 1.50. The van der Waals surface area contributed by atoms with Gasteiger partial charge in [-0.3, -0.25) is 0 Å². The highest BCUT2D eigenvalue weighted by atomic mass is 14.7. The van der Waals surface area contributed by atoms with Gasteiger partial charge in [0.2, 0.25) is 0 Å². The highest BCUT2D eigenvalue weighted by Crippen LogP contribution is 2.48. The van der Waals surface area contributed by atoms with Gasteiger partial charge in [0.15, 0.2) is 0 Å². The summed E-state index contributed by atoms with van der Waals surface area (Å²) in [6, 6.07) is 6.95. The molecule has 1 aliphatic rings. The first kappa shape index (κ1) is 10.7. The number of fused-ring (bicyclic) bond motifs is 1. The molecule has 0 bridgehead atoms. The molecule has 1 aromatic rings. The topological polar surface area (TPSA) is 26.0 Å². The van der Waals surface area contributed by atoms with Crippen LogP contribution in [-0.2, 0) is 6.42 Å². The molecule has 1 aromatic carbocycles. The molecule has 82 valence electrons. The second-order valence-corrected chi connectivity index (χ2v) is 4.93. The Labute approximate surface area is 92.7 Å². The van der Waals surface area contributed by atoms with Crippen LogP contribution in [0, 0.1) is 12.3 Å². The van der Waals surface area contributed by atoms with E-state index < -0.39 is 0 Å². The lowest BCUT2D eigenvalue weighted by Crippen LogP contribution is -2.30. The zero-order valence-electron chi connectivity index (χ0n) is 10.0. The summed E-state index contributed by atoms with van der Waals surface area (Å²) in [4.78, 5) is 0. The summed E-state index contributed by atoms with van der Waals surface area (Å²) in [6.07, 6.45) is 3.52. The summed E-state index contributed by atoms with van der Waals surface area (Å²) in [5.74, 6) is 0. The van der Waals surface area contributed by atoms with Crippen LogP contribution in [0.5, 0.6) is 0 Å². The van der Waals surface area contributed by atoms with Crippen LogP contribution in [0.15, 0.2) is 18.2 Å². The molecule has 0 radical (unpaired) electrons. The quantitative estimate of drug-likeness (QED) is 0.783. The number of hydrogen-bond donors (Lipinski definition) is 1. The summed E-state index contributed by atoms with van der Waals surface area (Å²) in [5, 5.41) is 0. The zero-order valence-corrected chi connectivity index (χ0v) is 10.0. The Balaban J connectivity index is 2.44. The van der Waals surface area contributed by atoms with Crippen LogP contribution in [0.4, 0.5) is 0 Å². The molecular formula is C14H21N. The molecule has 0 aliphatic heterocycles. The summed E-state index contributed by atoms with van der Waals surface area (Å²) in [6.45, 7) is 6.69. The summed E-state index contributed by atoms with van der Waals surface area (Å²) >= 11 is 0. The molecule has 0 saturated carbocycles. The molecule has 1 heteroatoms. The summed E-state index contributed by atoms with van der Waals surface area (Å²) in [7, 11) is 0. The molecular weight excluding hydrogens is 182 g/mol. The van der Waals surface area contributed by atoms with E-state index in [0.29, 0.717) is 5.41 Å². The van der Waals surface area contributed by atoms with Gasteiger partial charge in [0.05, 0.1) is 0 Å². The number of aryl methyl sites for hydroxylation is 1. The van der Waals surface area contributed by atoms with Crippen LogP contribution >= 0.6 is 0 Å². The van der Waals surface area contributed by atoms with Crippen LogP contribution < -0.4 is 5.73 Å². The lowest BCUT2D eigenvalue weighted by atomic mass is 9.76. The Morgan fingerprint density at radius 1 is 1.33 bits per heavy atom. The average Bonchev–Trinajstić information content (AvgIpc) is 2.52. The van der Waals surface area contributed by atoms with Gasteiger partial charge in [-0.05, 0) is 42.7 Å². The van der Waals surface area contributed by atoms with Gasteiger partial charge in [-0.15, -0.1) is 0 Å². The Morgan fingerprint density at radius 3 is 2.60 bits per heavy atom. The van der Waals surface area contributed by atoms with Gasteiger partial charge in [-0.2, -0.15) is 0 Å². The van der Waals surface area contributed by atoms with Gasteiger partial charge >= 0.3 is 0 Å². The van der Waals surface area contributed by atoms with Crippen molar-refractivity contribution >= 4 is 0 Å². The molecule has 1 atom stereocenters. The van der Waals surface area contributed by atoms with Crippen molar-refractivity contribution in [1.82, 2.24) is 0 Å². The Bertz CT molecular complexity index is 364. The third-order valence-electron chi connectivity index (χ3n) is 4.24. The van der Waals surface area contributed by atoms with Gasteiger partial charge in [-0.25, -0.2) is 0 Å². The Kier molecular flexibility index (Phi) is 2.59. The second kappa shape index (κ2) is 3.64. The Morgan fingerprint density at radius 2 is 2.00 bits per heavy atom. The summed E-state index contributed by atoms with van der Waals surface area (Å²) < 4.78 is 0. The number of hydrogen-bond acceptors (Lipinski definition) is 1. The fraction of sp³-hybridized carbons (Fsp3) is 0.571. The second-order valence-electron chi connectivity index (χ2n) is 4.93. The van der Waals surface area contributed by atoms with E-state index in [9.17, 15) is 0 Å². The van der Waals surface area contributed by atoms with Gasteiger partial charge in [-0.1, -0.05) is 37.6 Å². The maximum atomic E-state index is 6.40. The maximum Gasteiger partial charge on any atom is 0.0357 e. The van der Waals surface area contributed by atoms with Crippen molar-refractivity contribution in [2.24, 2.45) is 11.1 Å². The average molecular weight is 203 g/mol. The SMILES string of the molecule is CCC1(CC)Cc2cc(C)ccc2[C@@H]1N. The normalized spacial score (nSPS) is 22.8. The number of rotatable bonds is 2. The van der Waals surface area contributed by atoms with Crippen LogP contribution in [0.2, 0.25) is 0 Å². The Hall–Kier alpha value is -0.820. The molecule has 1 aliphatic carbocycles. The fourth-order valence-corrected chi connectivity index (χ4v) is 2.95. The molecule has 2 N–H and O–H groups in total. The van der Waals surface area contributed by atoms with Crippen molar-refractivity contribution in [3.8, 4) is 0 Å². The fourth-order valence-electron chi connectivity index (χ4n) is 2.95. The molecule has 0 spiro atoms. The first-order valence-corrected chi connectivity index (χ1v) is 5.98. The molecule has 0 heterocycles. The van der Waals surface area contributed by atoms with E-state index in [1.54, 1.807) is 0 Å². The van der Waals surface area contributed by atoms with Crippen LogP contribution in [-0.4, -0.2) is 0 Å². The first-order valence-electron chi connectivity index (χ1n) is 5.98. The predicted octanol–water partition coefficient (Wildman–Crippen LogP) is 3.36. The molecule has 0 fully saturated rings. The molecule has 0 unspecified atom stereocenters. The van der Waals surface area contributed by atoms with Crippen molar-refractivity contribution in [3.63, 3.8) is 0 Å². The van der Waals surface area contributed by atoms with E-state index in [0.717, 1.165) is 6.42 Å². The van der Waals surface area contributed by atoms with E-state index in [2.05, 4.69) is 39.0 Å². The van der Waals surface area contributed by atoms with E-state index in [1.165, 1.54) is 29.5 Å². The van der Waals surface area contributed by atoms with E-state index >= 15 is 0 Å². The third-order valence-corrected chi connectivity index (χ3v) is 4.24. The zero-order chi connectivity index (χ0) is 11.1. The number of nitrogens with two attached hydrogens (primary N) is 1. The van der Waals surface area contributed by atoms with Crippen molar-refractivity contribution in [1.29, 1.82) is 0 Å². The van der Waals surface area contributed by atoms with Gasteiger partial charge in [0.25, 0.3) is 0 Å². The molecule has 15 heavy (non-hydrogen) atoms. The standard InChI is InChI=1S/C14H21N/c1-4-14(5-2)9-11-8-10(3)6-7-12(11)13(14)15/h6-8,13H,4-5,9,15H2,1-3H3/t13-/m0/s1. The van der Waals surface area contributed by atoms with Crippen molar-refractivity contribution in [2.45, 2.75) is 46.1 Å². The van der Waals surface area contributed by atoms with E-state index in [1.807, 2.05) is 0 Å². The molecule has 2 rings (SSSR count). The monoisotopic (exact) mass is 203 g/mol. The van der Waals surface area contributed by atoms with Crippen molar-refractivity contribution in [3.05, 3.63) is 34.9 Å². The molecule has 1 nitrogen and oxygen atoms in total. The summed E-state index contributed by atoms with van der Waals surface area (Å²) in [5.41, 5.74) is 10.9. The van der Waals surface area contributed by atoms with Gasteiger partial charge < -0.3 is 5.73 Å². The largest absolute Gasteiger partial charge is 0.323 e. The molecule has 0 amide bonds. The minimum atomic E-state index is 0.239. The van der Waals surface area contributed by atoms with E-state index in [4.69, 9.17) is 5.73 Å². The first-order chi connectivity index (χ1) is 7.13. The highest BCUT2D eigenvalue weighted by molar-refractivity contribution is 5.40. The van der Waals surface area contributed by atoms with Crippen LogP contribution in [0.25, 0.3) is 0 Å². The van der Waals surface area contributed by atoms with Crippen LogP contribution in [0.3, 0.4) is 0 Å². The minimum Gasteiger partial charge on any atom is -0.323 e. The predicted molar refractivity (Wildman–Crippen MR) is 64.8 cm³/mol. The lowest BCUT2D eigenvalue weighted by Gasteiger charge is -2.31. The maximum absolute atomic E-state index is 6.40. The number of benzene rings is 1. The molecule has 0 aromatic heterocycles. The smallest absolute Gasteiger partial charge is 0.0357 e. The molecule has 0 saturated heterocycles. The van der Waals surface area contributed by atoms with Crippen LogP contribution in [0.1, 0.15) is 49.4 Å². The highest BCUT2D eigenvalue weighted by Gasteiger charge is 2.41. The van der Waals surface area contributed by atoms with Gasteiger partial charge in [0, 0.05) is 6.04 Å². The minimum absolute atomic E-state index is 0.239. The van der Waals surface area contributed by atoms with Gasteiger partial charge in [0.1, 0.15) is 0 Å². The van der Waals surface area contributed by atoms with Crippen molar-refractivity contribution < 1.29 is 0 Å². The van der Waals surface area contributed by atoms with E-state index in [-0.39, 0.29) is 6.04 Å². The lowest BCUT2D eigenvalue weighted by molar-refractivity contribution is 0.226.